The van der Waals surface area contributed by atoms with Crippen molar-refractivity contribution in [1.82, 2.24) is 5.32 Å². The normalized spacial score (nSPS) is 19.3. The lowest BCUT2D eigenvalue weighted by atomic mass is 9.86. The van der Waals surface area contributed by atoms with Gasteiger partial charge in [-0.05, 0) is 37.3 Å². The number of methoxy groups -OCH3 is 1. The third-order valence-corrected chi connectivity index (χ3v) is 4.99. The van der Waals surface area contributed by atoms with Crippen molar-refractivity contribution in [2.45, 2.75) is 52.0 Å². The minimum Gasteiger partial charge on any atom is -0.493 e. The minimum absolute atomic E-state index is 0.148. The zero-order chi connectivity index (χ0) is 19.8. The van der Waals surface area contributed by atoms with E-state index in [-0.39, 0.29) is 29.1 Å². The molecule has 150 valence electrons. The van der Waals surface area contributed by atoms with Crippen LogP contribution in [0, 0.1) is 5.92 Å². The molecule has 0 aliphatic heterocycles. The highest BCUT2D eigenvalue weighted by Crippen LogP contribution is 2.36. The highest BCUT2D eigenvalue weighted by Gasteiger charge is 2.23. The lowest BCUT2D eigenvalue weighted by Crippen LogP contribution is -2.42. The number of hydrogen-bond donors (Lipinski definition) is 1. The number of benzene rings is 1. The lowest BCUT2D eigenvalue weighted by Gasteiger charge is -2.29. The van der Waals surface area contributed by atoms with Crippen molar-refractivity contribution in [3.05, 3.63) is 22.7 Å². The summed E-state index contributed by atoms with van der Waals surface area (Å²) >= 11 is 6.21. The third kappa shape index (κ3) is 6.03. The van der Waals surface area contributed by atoms with E-state index in [0.29, 0.717) is 24.0 Å². The average molecular weight is 398 g/mol. The quantitative estimate of drug-likeness (QED) is 0.671. The Hall–Kier alpha value is -1.95. The number of hydrogen-bond acceptors (Lipinski definition) is 5. The van der Waals surface area contributed by atoms with E-state index in [2.05, 4.69) is 12.2 Å². The molecule has 2 atom stereocenters. The predicted molar refractivity (Wildman–Crippen MR) is 104 cm³/mol. The van der Waals surface area contributed by atoms with Crippen LogP contribution in [0.5, 0.6) is 11.5 Å². The molecule has 1 fully saturated rings. The van der Waals surface area contributed by atoms with Gasteiger partial charge in [0.25, 0.3) is 5.91 Å². The van der Waals surface area contributed by atoms with Gasteiger partial charge in [-0.1, -0.05) is 38.3 Å². The maximum Gasteiger partial charge on any atom is 0.338 e. The molecule has 0 aromatic heterocycles. The zero-order valence-corrected chi connectivity index (χ0v) is 16.9. The fraction of sp³-hybridized carbons (Fsp3) is 0.600. The first-order chi connectivity index (χ1) is 13.0. The van der Waals surface area contributed by atoms with Crippen LogP contribution in [-0.4, -0.2) is 38.2 Å². The van der Waals surface area contributed by atoms with Crippen molar-refractivity contribution in [1.29, 1.82) is 0 Å². The summed E-state index contributed by atoms with van der Waals surface area (Å²) in [5.74, 6) is 0.259. The molecule has 1 aliphatic carbocycles. The second-order valence-corrected chi connectivity index (χ2v) is 7.26. The zero-order valence-electron chi connectivity index (χ0n) is 16.2. The van der Waals surface area contributed by atoms with Crippen LogP contribution in [0.3, 0.4) is 0 Å². The van der Waals surface area contributed by atoms with Crippen LogP contribution >= 0.6 is 11.6 Å². The molecule has 1 aliphatic rings. The van der Waals surface area contributed by atoms with E-state index < -0.39 is 5.97 Å². The van der Waals surface area contributed by atoms with Crippen LogP contribution in [0.2, 0.25) is 5.02 Å². The molecule has 7 heteroatoms. The predicted octanol–water partition coefficient (Wildman–Crippen LogP) is 3.99. The number of amides is 1. The Balaban J connectivity index is 1.94. The van der Waals surface area contributed by atoms with Gasteiger partial charge in [-0.15, -0.1) is 0 Å². The summed E-state index contributed by atoms with van der Waals surface area (Å²) in [4.78, 5) is 24.4. The summed E-state index contributed by atoms with van der Waals surface area (Å²) in [7, 11) is 1.47. The summed E-state index contributed by atoms with van der Waals surface area (Å²) in [5.41, 5.74) is 0.208. The van der Waals surface area contributed by atoms with Gasteiger partial charge < -0.3 is 19.5 Å². The first kappa shape index (κ1) is 21.4. The number of esters is 1. The first-order valence-electron chi connectivity index (χ1n) is 9.43. The Morgan fingerprint density at radius 1 is 1.26 bits per heavy atom. The van der Waals surface area contributed by atoms with Gasteiger partial charge >= 0.3 is 5.97 Å². The smallest absolute Gasteiger partial charge is 0.338 e. The van der Waals surface area contributed by atoms with E-state index in [0.717, 1.165) is 25.7 Å². The molecule has 27 heavy (non-hydrogen) atoms. The Bertz CT molecular complexity index is 664. The second-order valence-electron chi connectivity index (χ2n) is 6.85. The minimum atomic E-state index is -0.635. The van der Waals surface area contributed by atoms with Crippen LogP contribution in [0.1, 0.15) is 56.3 Å². The Morgan fingerprint density at radius 2 is 2.00 bits per heavy atom. The van der Waals surface area contributed by atoms with Crippen molar-refractivity contribution >= 4 is 23.5 Å². The number of nitrogens with one attached hydrogen (secondary N) is 1. The van der Waals surface area contributed by atoms with Gasteiger partial charge in [-0.2, -0.15) is 0 Å². The first-order valence-corrected chi connectivity index (χ1v) is 9.80. The molecular formula is C20H28ClNO5. The Kier molecular flexibility index (Phi) is 8.23. The average Bonchev–Trinajstić information content (AvgIpc) is 2.66. The van der Waals surface area contributed by atoms with Crippen molar-refractivity contribution in [3.8, 4) is 11.5 Å². The van der Waals surface area contributed by atoms with Gasteiger partial charge in [0.15, 0.2) is 18.1 Å². The number of halogens is 1. The van der Waals surface area contributed by atoms with E-state index in [1.54, 1.807) is 0 Å². The van der Waals surface area contributed by atoms with Gasteiger partial charge in [0.1, 0.15) is 0 Å². The van der Waals surface area contributed by atoms with Gasteiger partial charge in [0.05, 0.1) is 24.3 Å². The molecule has 1 saturated carbocycles. The van der Waals surface area contributed by atoms with Crippen LogP contribution in [0.15, 0.2) is 12.1 Å². The number of ether oxygens (including phenoxy) is 3. The Morgan fingerprint density at radius 3 is 2.67 bits per heavy atom. The molecule has 2 rings (SSSR count). The lowest BCUT2D eigenvalue weighted by molar-refractivity contribution is -0.125. The highest BCUT2D eigenvalue weighted by atomic mass is 35.5. The molecule has 0 bridgehead atoms. The van der Waals surface area contributed by atoms with Crippen LogP contribution in [0.4, 0.5) is 0 Å². The fourth-order valence-corrected chi connectivity index (χ4v) is 3.44. The summed E-state index contributed by atoms with van der Waals surface area (Å²) < 4.78 is 16.0. The molecule has 0 radical (unpaired) electrons. The summed E-state index contributed by atoms with van der Waals surface area (Å²) in [6, 6.07) is 3.10. The molecule has 0 saturated heterocycles. The van der Waals surface area contributed by atoms with Crippen molar-refractivity contribution in [3.63, 3.8) is 0 Å². The number of carbonyl (C=O) groups excluding carboxylic acids is 2. The van der Waals surface area contributed by atoms with Gasteiger partial charge in [-0.3, -0.25) is 4.79 Å². The van der Waals surface area contributed by atoms with Gasteiger partial charge in [0.2, 0.25) is 0 Å². The van der Waals surface area contributed by atoms with E-state index in [4.69, 9.17) is 25.8 Å². The fourth-order valence-electron chi connectivity index (χ4n) is 3.18. The number of carbonyl (C=O) groups is 2. The number of rotatable bonds is 8. The van der Waals surface area contributed by atoms with E-state index >= 15 is 0 Å². The molecular weight excluding hydrogens is 370 g/mol. The molecule has 1 N–H and O–H groups in total. The molecule has 1 aromatic carbocycles. The van der Waals surface area contributed by atoms with Crippen molar-refractivity contribution < 1.29 is 23.8 Å². The maximum absolute atomic E-state index is 12.3. The van der Waals surface area contributed by atoms with E-state index in [1.165, 1.54) is 25.7 Å². The SMILES string of the molecule is CCCOc1c(Cl)cc(C(=O)OCC(=O)N[C@@H]2CCCC[C@H]2C)cc1OC. The van der Waals surface area contributed by atoms with E-state index in [9.17, 15) is 9.59 Å². The highest BCUT2D eigenvalue weighted by molar-refractivity contribution is 6.32. The van der Waals surface area contributed by atoms with E-state index in [1.807, 2.05) is 6.92 Å². The summed E-state index contributed by atoms with van der Waals surface area (Å²) in [5, 5.41) is 3.21. The molecule has 6 nitrogen and oxygen atoms in total. The van der Waals surface area contributed by atoms with Crippen molar-refractivity contribution in [2.75, 3.05) is 20.3 Å². The van der Waals surface area contributed by atoms with Crippen molar-refractivity contribution in [2.24, 2.45) is 5.92 Å². The van der Waals surface area contributed by atoms with Gasteiger partial charge in [-0.25, -0.2) is 4.79 Å². The topological polar surface area (TPSA) is 73.9 Å². The standard InChI is InChI=1S/C20H28ClNO5/c1-4-9-26-19-15(21)10-14(11-17(19)25-3)20(24)27-12-18(23)22-16-8-6-5-7-13(16)2/h10-11,13,16H,4-9,12H2,1-3H3,(H,22,23)/t13-,16-/m1/s1. The second kappa shape index (κ2) is 10.4. The molecule has 1 aromatic rings. The summed E-state index contributed by atoms with van der Waals surface area (Å²) in [6.07, 6.45) is 5.20. The summed E-state index contributed by atoms with van der Waals surface area (Å²) in [6.45, 7) is 4.27. The Labute approximate surface area is 165 Å². The molecule has 1 amide bonds. The maximum atomic E-state index is 12.3. The van der Waals surface area contributed by atoms with Crippen LogP contribution in [0.25, 0.3) is 0 Å². The molecule has 0 heterocycles. The monoisotopic (exact) mass is 397 g/mol. The molecule has 0 spiro atoms. The largest absolute Gasteiger partial charge is 0.493 e. The van der Waals surface area contributed by atoms with Crippen LogP contribution in [-0.2, 0) is 9.53 Å². The van der Waals surface area contributed by atoms with Gasteiger partial charge in [0, 0.05) is 6.04 Å². The third-order valence-electron chi connectivity index (χ3n) is 4.71. The van der Waals surface area contributed by atoms with Crippen LogP contribution < -0.4 is 14.8 Å². The molecule has 0 unspecified atom stereocenters.